The number of amides is 1. The molecule has 0 spiro atoms. The summed E-state index contributed by atoms with van der Waals surface area (Å²) < 4.78 is 5.82. The highest BCUT2D eigenvalue weighted by molar-refractivity contribution is 6.33. The lowest BCUT2D eigenvalue weighted by Crippen LogP contribution is -2.32. The molecule has 0 heterocycles. The SMILES string of the molecule is CCC(Oc1ccc(C)c(C)c1)C(=O)Nc1ccccc1Cl. The molecule has 116 valence electrons. The van der Waals surface area contributed by atoms with Crippen LogP contribution in [0.4, 0.5) is 5.69 Å². The van der Waals surface area contributed by atoms with E-state index in [1.54, 1.807) is 12.1 Å². The molecular weight excluding hydrogens is 298 g/mol. The van der Waals surface area contributed by atoms with Crippen molar-refractivity contribution in [3.63, 3.8) is 0 Å². The normalized spacial score (nSPS) is 11.8. The van der Waals surface area contributed by atoms with Gasteiger partial charge in [0.25, 0.3) is 5.91 Å². The Morgan fingerprint density at radius 2 is 1.91 bits per heavy atom. The summed E-state index contributed by atoms with van der Waals surface area (Å²) >= 11 is 6.06. The van der Waals surface area contributed by atoms with Crippen molar-refractivity contribution >= 4 is 23.2 Å². The molecule has 2 aromatic carbocycles. The minimum Gasteiger partial charge on any atom is -0.481 e. The fourth-order valence-corrected chi connectivity index (χ4v) is 2.23. The van der Waals surface area contributed by atoms with Crippen molar-refractivity contribution in [1.29, 1.82) is 0 Å². The Balaban J connectivity index is 2.09. The number of para-hydroxylation sites is 1. The van der Waals surface area contributed by atoms with Crippen molar-refractivity contribution in [3.05, 3.63) is 58.6 Å². The summed E-state index contributed by atoms with van der Waals surface area (Å²) in [5, 5.41) is 3.32. The van der Waals surface area contributed by atoms with Crippen LogP contribution in [-0.4, -0.2) is 12.0 Å². The van der Waals surface area contributed by atoms with Crippen molar-refractivity contribution in [3.8, 4) is 5.75 Å². The van der Waals surface area contributed by atoms with Gasteiger partial charge in [0, 0.05) is 0 Å². The third kappa shape index (κ3) is 4.01. The van der Waals surface area contributed by atoms with Gasteiger partial charge in [-0.05, 0) is 55.7 Å². The number of aryl methyl sites for hydroxylation is 2. The van der Waals surface area contributed by atoms with E-state index in [0.29, 0.717) is 22.9 Å². The highest BCUT2D eigenvalue weighted by Gasteiger charge is 2.19. The van der Waals surface area contributed by atoms with Crippen LogP contribution in [0.25, 0.3) is 0 Å². The number of hydrogen-bond donors (Lipinski definition) is 1. The highest BCUT2D eigenvalue weighted by atomic mass is 35.5. The summed E-state index contributed by atoms with van der Waals surface area (Å²) in [5.74, 6) is 0.498. The van der Waals surface area contributed by atoms with Crippen LogP contribution in [0.3, 0.4) is 0 Å². The minimum atomic E-state index is -0.557. The molecule has 1 atom stereocenters. The van der Waals surface area contributed by atoms with E-state index in [1.807, 2.05) is 51.1 Å². The van der Waals surface area contributed by atoms with Gasteiger partial charge in [-0.2, -0.15) is 0 Å². The van der Waals surface area contributed by atoms with Crippen molar-refractivity contribution < 1.29 is 9.53 Å². The van der Waals surface area contributed by atoms with Gasteiger partial charge in [-0.15, -0.1) is 0 Å². The molecule has 0 saturated carbocycles. The summed E-state index contributed by atoms with van der Waals surface area (Å²) in [5.41, 5.74) is 2.93. The van der Waals surface area contributed by atoms with Crippen LogP contribution in [0.5, 0.6) is 5.75 Å². The molecule has 0 fully saturated rings. The highest BCUT2D eigenvalue weighted by Crippen LogP contribution is 2.22. The number of hydrogen-bond acceptors (Lipinski definition) is 2. The molecule has 0 radical (unpaired) electrons. The van der Waals surface area contributed by atoms with Gasteiger partial charge in [0.05, 0.1) is 10.7 Å². The third-order valence-electron chi connectivity index (χ3n) is 3.55. The standard InChI is InChI=1S/C18H20ClNO2/c1-4-17(22-14-10-9-12(2)13(3)11-14)18(21)20-16-8-6-5-7-15(16)19/h5-11,17H,4H2,1-3H3,(H,20,21). The molecule has 22 heavy (non-hydrogen) atoms. The van der Waals surface area contributed by atoms with E-state index in [2.05, 4.69) is 5.32 Å². The Kier molecular flexibility index (Phi) is 5.45. The van der Waals surface area contributed by atoms with E-state index in [4.69, 9.17) is 16.3 Å². The largest absolute Gasteiger partial charge is 0.481 e. The second-order valence-electron chi connectivity index (χ2n) is 5.23. The van der Waals surface area contributed by atoms with E-state index in [-0.39, 0.29) is 5.91 Å². The number of benzene rings is 2. The molecule has 0 aliphatic heterocycles. The lowest BCUT2D eigenvalue weighted by Gasteiger charge is -2.18. The van der Waals surface area contributed by atoms with Gasteiger partial charge in [-0.1, -0.05) is 36.7 Å². The van der Waals surface area contributed by atoms with Gasteiger partial charge in [-0.3, -0.25) is 4.79 Å². The first-order chi connectivity index (χ1) is 10.5. The Morgan fingerprint density at radius 1 is 1.18 bits per heavy atom. The van der Waals surface area contributed by atoms with Crippen LogP contribution in [0.15, 0.2) is 42.5 Å². The fraction of sp³-hybridized carbons (Fsp3) is 0.278. The van der Waals surface area contributed by atoms with Crippen LogP contribution >= 0.6 is 11.6 Å². The maximum Gasteiger partial charge on any atom is 0.265 e. The number of anilines is 1. The maximum atomic E-state index is 12.4. The zero-order valence-corrected chi connectivity index (χ0v) is 13.8. The lowest BCUT2D eigenvalue weighted by atomic mass is 10.1. The molecule has 3 nitrogen and oxygen atoms in total. The smallest absolute Gasteiger partial charge is 0.265 e. The summed E-state index contributed by atoms with van der Waals surface area (Å²) in [6.45, 7) is 5.98. The first-order valence-corrected chi connectivity index (χ1v) is 7.68. The van der Waals surface area contributed by atoms with E-state index in [1.165, 1.54) is 5.56 Å². The molecule has 1 amide bonds. The number of carbonyl (C=O) groups excluding carboxylic acids is 1. The zero-order chi connectivity index (χ0) is 16.1. The van der Waals surface area contributed by atoms with Gasteiger partial charge >= 0.3 is 0 Å². The Hall–Kier alpha value is -2.00. The fourth-order valence-electron chi connectivity index (χ4n) is 2.05. The van der Waals surface area contributed by atoms with E-state index in [9.17, 15) is 4.79 Å². The molecule has 4 heteroatoms. The van der Waals surface area contributed by atoms with Crippen LogP contribution in [0.2, 0.25) is 5.02 Å². The summed E-state index contributed by atoms with van der Waals surface area (Å²) in [6, 6.07) is 13.0. The molecule has 0 bridgehead atoms. The molecular formula is C18H20ClNO2. The summed E-state index contributed by atoms with van der Waals surface area (Å²) in [4.78, 5) is 12.4. The number of halogens is 1. The predicted octanol–water partition coefficient (Wildman–Crippen LogP) is 4.75. The van der Waals surface area contributed by atoms with E-state index in [0.717, 1.165) is 5.56 Å². The summed E-state index contributed by atoms with van der Waals surface area (Å²) in [7, 11) is 0. The summed E-state index contributed by atoms with van der Waals surface area (Å²) in [6.07, 6.45) is 0.0156. The molecule has 0 saturated heterocycles. The predicted molar refractivity (Wildman–Crippen MR) is 90.7 cm³/mol. The van der Waals surface area contributed by atoms with Crippen molar-refractivity contribution in [2.45, 2.75) is 33.3 Å². The zero-order valence-electron chi connectivity index (χ0n) is 13.0. The molecule has 0 aliphatic rings. The van der Waals surface area contributed by atoms with Crippen molar-refractivity contribution in [1.82, 2.24) is 0 Å². The monoisotopic (exact) mass is 317 g/mol. The molecule has 2 rings (SSSR count). The molecule has 1 unspecified atom stereocenters. The van der Waals surface area contributed by atoms with Gasteiger partial charge < -0.3 is 10.1 Å². The van der Waals surface area contributed by atoms with E-state index >= 15 is 0 Å². The van der Waals surface area contributed by atoms with Crippen LogP contribution in [0.1, 0.15) is 24.5 Å². The number of rotatable bonds is 5. The van der Waals surface area contributed by atoms with Crippen molar-refractivity contribution in [2.24, 2.45) is 0 Å². The second-order valence-corrected chi connectivity index (χ2v) is 5.64. The number of ether oxygens (including phenoxy) is 1. The van der Waals surface area contributed by atoms with Gasteiger partial charge in [0.1, 0.15) is 5.75 Å². The Bertz CT molecular complexity index is 670. The third-order valence-corrected chi connectivity index (χ3v) is 3.88. The first kappa shape index (κ1) is 16.4. The topological polar surface area (TPSA) is 38.3 Å². The molecule has 0 aliphatic carbocycles. The van der Waals surface area contributed by atoms with Gasteiger partial charge in [0.15, 0.2) is 6.10 Å². The average molecular weight is 318 g/mol. The minimum absolute atomic E-state index is 0.200. The second kappa shape index (κ2) is 7.32. The lowest BCUT2D eigenvalue weighted by molar-refractivity contribution is -0.122. The van der Waals surface area contributed by atoms with E-state index < -0.39 is 6.10 Å². The van der Waals surface area contributed by atoms with Gasteiger partial charge in [-0.25, -0.2) is 0 Å². The first-order valence-electron chi connectivity index (χ1n) is 7.30. The number of carbonyl (C=O) groups is 1. The molecule has 1 N–H and O–H groups in total. The Morgan fingerprint density at radius 3 is 2.55 bits per heavy atom. The quantitative estimate of drug-likeness (QED) is 0.864. The molecule has 2 aromatic rings. The van der Waals surface area contributed by atoms with Crippen molar-refractivity contribution in [2.75, 3.05) is 5.32 Å². The average Bonchev–Trinajstić information content (AvgIpc) is 2.50. The van der Waals surface area contributed by atoms with Crippen LogP contribution in [0, 0.1) is 13.8 Å². The number of nitrogens with one attached hydrogen (secondary N) is 1. The molecule has 0 aromatic heterocycles. The maximum absolute atomic E-state index is 12.4. The van der Waals surface area contributed by atoms with Crippen LogP contribution < -0.4 is 10.1 Å². The Labute approximate surface area is 136 Å². The van der Waals surface area contributed by atoms with Crippen LogP contribution in [-0.2, 0) is 4.79 Å². The van der Waals surface area contributed by atoms with Gasteiger partial charge in [0.2, 0.25) is 0 Å².